The number of phenols is 1. The normalized spacial score (nSPS) is 13.8. The minimum Gasteiger partial charge on any atom is -0.506 e. The molecular formula is C12H15NO3. The number of esters is 1. The number of carbonyl (C=O) groups excluding carboxylic acids is 1. The van der Waals surface area contributed by atoms with Crippen molar-refractivity contribution in [2.45, 2.75) is 19.8 Å². The molecule has 1 aromatic carbocycles. The van der Waals surface area contributed by atoms with Gasteiger partial charge in [-0.2, -0.15) is 0 Å². The summed E-state index contributed by atoms with van der Waals surface area (Å²) in [6, 6.07) is 3.16. The number of rotatable bonds is 2. The first-order chi connectivity index (χ1) is 7.74. The van der Waals surface area contributed by atoms with Gasteiger partial charge in [-0.3, -0.25) is 0 Å². The first kappa shape index (κ1) is 10.8. The number of nitrogens with one attached hydrogen (secondary N) is 1. The van der Waals surface area contributed by atoms with Crippen molar-refractivity contribution in [3.8, 4) is 5.75 Å². The highest BCUT2D eigenvalue weighted by Gasteiger charge is 2.20. The maximum atomic E-state index is 11.7. The highest BCUT2D eigenvalue weighted by Crippen LogP contribution is 2.33. The summed E-state index contributed by atoms with van der Waals surface area (Å²) in [7, 11) is 0. The van der Waals surface area contributed by atoms with E-state index in [4.69, 9.17) is 4.74 Å². The second kappa shape index (κ2) is 4.43. The standard InChI is InChI=1S/C12H15NO3/c1-2-16-12(15)9-5-6-10(14)11-8(9)4-3-7-13-11/h5-6,13-14H,2-4,7H2,1H3. The molecule has 0 radical (unpaired) electrons. The zero-order valence-electron chi connectivity index (χ0n) is 9.25. The molecule has 16 heavy (non-hydrogen) atoms. The second-order valence-corrected chi connectivity index (χ2v) is 3.74. The lowest BCUT2D eigenvalue weighted by Crippen LogP contribution is -2.17. The Balaban J connectivity index is 2.42. The summed E-state index contributed by atoms with van der Waals surface area (Å²) in [5, 5.41) is 12.8. The predicted octanol–water partition coefficient (Wildman–Crippen LogP) is 1.93. The van der Waals surface area contributed by atoms with E-state index in [-0.39, 0.29) is 11.7 Å². The minimum absolute atomic E-state index is 0.197. The van der Waals surface area contributed by atoms with Crippen LogP contribution in [0.1, 0.15) is 29.3 Å². The monoisotopic (exact) mass is 221 g/mol. The number of hydrogen-bond donors (Lipinski definition) is 2. The third-order valence-corrected chi connectivity index (χ3v) is 2.69. The maximum Gasteiger partial charge on any atom is 0.338 e. The van der Waals surface area contributed by atoms with Crippen LogP contribution in [-0.2, 0) is 11.2 Å². The second-order valence-electron chi connectivity index (χ2n) is 3.74. The fraction of sp³-hybridized carbons (Fsp3) is 0.417. The van der Waals surface area contributed by atoms with Gasteiger partial charge in [0.1, 0.15) is 5.75 Å². The minimum atomic E-state index is -0.317. The largest absolute Gasteiger partial charge is 0.506 e. The molecule has 1 aliphatic heterocycles. The van der Waals surface area contributed by atoms with E-state index in [1.165, 1.54) is 6.07 Å². The Morgan fingerprint density at radius 1 is 1.56 bits per heavy atom. The van der Waals surface area contributed by atoms with E-state index in [0.717, 1.165) is 24.9 Å². The van der Waals surface area contributed by atoms with Crippen LogP contribution in [0.3, 0.4) is 0 Å². The molecule has 0 saturated heterocycles. The van der Waals surface area contributed by atoms with Crippen LogP contribution in [0.15, 0.2) is 12.1 Å². The van der Waals surface area contributed by atoms with Crippen molar-refractivity contribution in [3.05, 3.63) is 23.3 Å². The Bertz CT molecular complexity index is 415. The van der Waals surface area contributed by atoms with E-state index in [1.807, 2.05) is 0 Å². The molecule has 0 bridgehead atoms. The number of ether oxygens (including phenoxy) is 1. The number of phenolic OH excluding ortho intramolecular Hbond substituents is 1. The first-order valence-corrected chi connectivity index (χ1v) is 5.50. The van der Waals surface area contributed by atoms with Crippen molar-refractivity contribution < 1.29 is 14.6 Å². The highest BCUT2D eigenvalue weighted by molar-refractivity contribution is 5.94. The number of fused-ring (bicyclic) bond motifs is 1. The van der Waals surface area contributed by atoms with Gasteiger partial charge in [-0.25, -0.2) is 4.79 Å². The summed E-state index contributed by atoms with van der Waals surface area (Å²) in [5.41, 5.74) is 2.10. The summed E-state index contributed by atoms with van der Waals surface area (Å²) in [6.07, 6.45) is 1.76. The number of anilines is 1. The third kappa shape index (κ3) is 1.83. The van der Waals surface area contributed by atoms with E-state index >= 15 is 0 Å². The number of benzene rings is 1. The van der Waals surface area contributed by atoms with Crippen LogP contribution in [0.2, 0.25) is 0 Å². The fourth-order valence-electron chi connectivity index (χ4n) is 1.97. The summed E-state index contributed by atoms with van der Waals surface area (Å²) >= 11 is 0. The van der Waals surface area contributed by atoms with Crippen LogP contribution in [-0.4, -0.2) is 24.2 Å². The van der Waals surface area contributed by atoms with Gasteiger partial charge in [-0.15, -0.1) is 0 Å². The molecule has 0 saturated carbocycles. The van der Waals surface area contributed by atoms with Gasteiger partial charge < -0.3 is 15.2 Å². The maximum absolute atomic E-state index is 11.7. The molecule has 4 nitrogen and oxygen atoms in total. The Kier molecular flexibility index (Phi) is 2.99. The van der Waals surface area contributed by atoms with Crippen molar-refractivity contribution in [2.75, 3.05) is 18.5 Å². The Morgan fingerprint density at radius 2 is 2.38 bits per heavy atom. The lowest BCUT2D eigenvalue weighted by molar-refractivity contribution is 0.0525. The quantitative estimate of drug-likeness (QED) is 0.591. The Hall–Kier alpha value is -1.71. The van der Waals surface area contributed by atoms with E-state index in [2.05, 4.69) is 5.32 Å². The summed E-state index contributed by atoms with van der Waals surface area (Å²) < 4.78 is 4.99. The summed E-state index contributed by atoms with van der Waals surface area (Å²) in [6.45, 7) is 2.97. The predicted molar refractivity (Wildman–Crippen MR) is 60.9 cm³/mol. The van der Waals surface area contributed by atoms with Gasteiger partial charge in [-0.1, -0.05) is 0 Å². The van der Waals surface area contributed by atoms with E-state index in [0.29, 0.717) is 17.9 Å². The van der Waals surface area contributed by atoms with Gasteiger partial charge in [0.05, 0.1) is 17.9 Å². The smallest absolute Gasteiger partial charge is 0.338 e. The van der Waals surface area contributed by atoms with Crippen molar-refractivity contribution in [1.82, 2.24) is 0 Å². The number of carbonyl (C=O) groups is 1. The van der Waals surface area contributed by atoms with Gasteiger partial charge >= 0.3 is 5.97 Å². The third-order valence-electron chi connectivity index (χ3n) is 2.69. The fourth-order valence-corrected chi connectivity index (χ4v) is 1.97. The number of hydrogen-bond acceptors (Lipinski definition) is 4. The van der Waals surface area contributed by atoms with E-state index in [9.17, 15) is 9.90 Å². The topological polar surface area (TPSA) is 58.6 Å². The molecule has 1 aromatic rings. The summed E-state index contributed by atoms with van der Waals surface area (Å²) in [4.78, 5) is 11.7. The molecule has 2 rings (SSSR count). The molecular weight excluding hydrogens is 206 g/mol. The van der Waals surface area contributed by atoms with Gasteiger partial charge in [-0.05, 0) is 37.5 Å². The molecule has 0 aliphatic carbocycles. The van der Waals surface area contributed by atoms with Crippen molar-refractivity contribution in [3.63, 3.8) is 0 Å². The molecule has 2 N–H and O–H groups in total. The molecule has 0 fully saturated rings. The molecule has 86 valence electrons. The lowest BCUT2D eigenvalue weighted by Gasteiger charge is -2.21. The van der Waals surface area contributed by atoms with Crippen LogP contribution in [0, 0.1) is 0 Å². The molecule has 0 amide bonds. The van der Waals surface area contributed by atoms with Crippen molar-refractivity contribution in [2.24, 2.45) is 0 Å². The van der Waals surface area contributed by atoms with Crippen LogP contribution >= 0.6 is 0 Å². The van der Waals surface area contributed by atoms with Gasteiger partial charge in [0.15, 0.2) is 0 Å². The van der Waals surface area contributed by atoms with Gasteiger partial charge in [0, 0.05) is 6.54 Å². The molecule has 1 aliphatic rings. The zero-order chi connectivity index (χ0) is 11.5. The highest BCUT2D eigenvalue weighted by atomic mass is 16.5. The molecule has 0 unspecified atom stereocenters. The van der Waals surface area contributed by atoms with Crippen LogP contribution in [0.4, 0.5) is 5.69 Å². The molecule has 0 spiro atoms. The Labute approximate surface area is 94.2 Å². The van der Waals surface area contributed by atoms with Crippen LogP contribution < -0.4 is 5.32 Å². The van der Waals surface area contributed by atoms with Crippen molar-refractivity contribution in [1.29, 1.82) is 0 Å². The van der Waals surface area contributed by atoms with Crippen molar-refractivity contribution >= 4 is 11.7 Å². The molecule has 0 aromatic heterocycles. The zero-order valence-corrected chi connectivity index (χ0v) is 9.25. The first-order valence-electron chi connectivity index (χ1n) is 5.50. The lowest BCUT2D eigenvalue weighted by atomic mass is 9.97. The SMILES string of the molecule is CCOC(=O)c1ccc(O)c2c1CCCN2. The van der Waals surface area contributed by atoms with Crippen LogP contribution in [0.5, 0.6) is 5.75 Å². The average Bonchev–Trinajstić information content (AvgIpc) is 2.30. The van der Waals surface area contributed by atoms with Crippen LogP contribution in [0.25, 0.3) is 0 Å². The number of aromatic hydroxyl groups is 1. The average molecular weight is 221 g/mol. The molecule has 4 heteroatoms. The molecule has 1 heterocycles. The van der Waals surface area contributed by atoms with Gasteiger partial charge in [0.2, 0.25) is 0 Å². The molecule has 0 atom stereocenters. The summed E-state index contributed by atoms with van der Waals surface area (Å²) in [5.74, 6) is -0.120. The van der Waals surface area contributed by atoms with Gasteiger partial charge in [0.25, 0.3) is 0 Å². The van der Waals surface area contributed by atoms with E-state index < -0.39 is 0 Å². The Morgan fingerprint density at radius 3 is 3.12 bits per heavy atom. The van der Waals surface area contributed by atoms with E-state index in [1.54, 1.807) is 13.0 Å².